The fraction of sp³-hybridized carbons (Fsp3) is 0.310. The minimum absolute atomic E-state index is 0.178. The number of carbonyl (C=O) groups excluding carboxylic acids is 3. The second kappa shape index (κ2) is 17.6. The van der Waals surface area contributed by atoms with Crippen molar-refractivity contribution in [2.24, 2.45) is 0 Å². The smallest absolute Gasteiger partial charge is 0.408 e. The van der Waals surface area contributed by atoms with E-state index in [-0.39, 0.29) is 26.2 Å². The number of esters is 1. The monoisotopic (exact) mass is 814 g/mol. The Hall–Kier alpha value is -5.79. The number of halogens is 2. The molecule has 15 heteroatoms. The Kier molecular flexibility index (Phi) is 12.6. The van der Waals surface area contributed by atoms with E-state index in [4.69, 9.17) is 52.1 Å². The molecule has 57 heavy (non-hydrogen) atoms. The lowest BCUT2D eigenvalue weighted by Gasteiger charge is -2.29. The van der Waals surface area contributed by atoms with Gasteiger partial charge in [-0.25, -0.2) is 14.8 Å². The average molecular weight is 816 g/mol. The number of rotatable bonds is 14. The number of ether oxygens (including phenoxy) is 4. The van der Waals surface area contributed by atoms with Gasteiger partial charge < -0.3 is 39.8 Å². The number of fused-ring (bicyclic) bond motifs is 4. The molecule has 298 valence electrons. The van der Waals surface area contributed by atoms with Gasteiger partial charge in [-0.15, -0.1) is 0 Å². The number of alkyl carbamates (subject to hydrolysis) is 1. The molecule has 2 amide bonds. The van der Waals surface area contributed by atoms with E-state index in [1.807, 2.05) is 48.5 Å². The molecule has 6 rings (SSSR count). The molecular weight excluding hydrogens is 771 g/mol. The van der Waals surface area contributed by atoms with Gasteiger partial charge >= 0.3 is 12.1 Å². The second-order valence-corrected chi connectivity index (χ2v) is 15.1. The molecule has 13 nitrogen and oxygen atoms in total. The zero-order valence-corrected chi connectivity index (χ0v) is 34.0. The Morgan fingerprint density at radius 3 is 1.63 bits per heavy atom. The highest BCUT2D eigenvalue weighted by Gasteiger charge is 2.29. The first-order valence-electron chi connectivity index (χ1n) is 18.3. The highest BCUT2D eigenvalue weighted by atomic mass is 35.5. The Morgan fingerprint density at radius 1 is 0.702 bits per heavy atom. The minimum atomic E-state index is -1.24. The van der Waals surface area contributed by atoms with Gasteiger partial charge in [-0.3, -0.25) is 9.59 Å². The van der Waals surface area contributed by atoms with Crippen LogP contribution in [0, 0.1) is 0 Å². The molecule has 0 spiro atoms. The summed E-state index contributed by atoms with van der Waals surface area (Å²) in [5, 5.41) is 14.1. The Bertz CT molecular complexity index is 2340. The van der Waals surface area contributed by atoms with Gasteiger partial charge in [0.2, 0.25) is 5.91 Å². The molecule has 0 saturated heterocycles. The summed E-state index contributed by atoms with van der Waals surface area (Å²) < 4.78 is 21.8. The zero-order valence-electron chi connectivity index (χ0n) is 32.5. The van der Waals surface area contributed by atoms with Crippen molar-refractivity contribution < 1.29 is 33.3 Å². The van der Waals surface area contributed by atoms with E-state index in [2.05, 4.69) is 16.0 Å². The third-order valence-electron chi connectivity index (χ3n) is 9.01. The number of pyridine rings is 2. The van der Waals surface area contributed by atoms with E-state index in [1.54, 1.807) is 64.2 Å². The van der Waals surface area contributed by atoms with Crippen LogP contribution in [0.1, 0.15) is 27.7 Å². The molecule has 6 aromatic rings. The van der Waals surface area contributed by atoms with Gasteiger partial charge in [0.1, 0.15) is 29.7 Å². The maximum Gasteiger partial charge on any atom is 0.408 e. The number of methoxy groups -OCH3 is 2. The van der Waals surface area contributed by atoms with Crippen LogP contribution in [0.4, 0.5) is 16.2 Å². The Morgan fingerprint density at radius 2 is 1.19 bits per heavy atom. The standard InChI is InChI=1S/C42H44Cl2N6O7/c1-24(51)56-23-37(49-41(53)57-42(2,3)4)40(52)50(17-15-45-38-29-11-7-25(43)19-35(29)47-33-13-9-27(54-5)21-31(33)38)18-16-46-39-30-12-8-26(44)20-36(30)48-34-14-10-28(55-6)22-32(34)39/h7-14,19-22,37H,15-18,23H2,1-6H3,(H,45,47)(H,46,48)(H,49,53). The van der Waals surface area contributed by atoms with Crippen molar-refractivity contribution in [2.75, 3.05) is 57.6 Å². The molecule has 0 saturated carbocycles. The summed E-state index contributed by atoms with van der Waals surface area (Å²) in [6.45, 7) is 6.89. The molecule has 1 atom stereocenters. The molecule has 0 bridgehead atoms. The zero-order chi connectivity index (χ0) is 40.9. The van der Waals surface area contributed by atoms with Gasteiger partial charge in [0.05, 0.1) is 47.7 Å². The minimum Gasteiger partial charge on any atom is -0.497 e. The summed E-state index contributed by atoms with van der Waals surface area (Å²) in [5.74, 6) is 0.219. The second-order valence-electron chi connectivity index (χ2n) is 14.2. The molecule has 0 radical (unpaired) electrons. The van der Waals surface area contributed by atoms with Crippen LogP contribution in [0.15, 0.2) is 72.8 Å². The number of carbonyl (C=O) groups is 3. The number of hydrogen-bond donors (Lipinski definition) is 3. The van der Waals surface area contributed by atoms with Crippen molar-refractivity contribution in [1.82, 2.24) is 20.2 Å². The van der Waals surface area contributed by atoms with Gasteiger partial charge in [0.25, 0.3) is 0 Å². The van der Waals surface area contributed by atoms with Crippen molar-refractivity contribution in [2.45, 2.75) is 39.3 Å². The van der Waals surface area contributed by atoms with Gasteiger partial charge in [-0.05, 0) is 93.6 Å². The van der Waals surface area contributed by atoms with Gasteiger partial charge in [0.15, 0.2) is 0 Å². The van der Waals surface area contributed by atoms with Crippen LogP contribution in [-0.2, 0) is 19.1 Å². The van der Waals surface area contributed by atoms with Crippen molar-refractivity contribution in [3.8, 4) is 11.5 Å². The normalized spacial score (nSPS) is 12.0. The molecule has 2 aromatic heterocycles. The third-order valence-corrected chi connectivity index (χ3v) is 9.48. The van der Waals surface area contributed by atoms with E-state index in [1.165, 1.54) is 6.92 Å². The van der Waals surface area contributed by atoms with Crippen molar-refractivity contribution in [3.05, 3.63) is 82.8 Å². The summed E-state index contributed by atoms with van der Waals surface area (Å²) >= 11 is 12.7. The number of aromatic nitrogens is 2. The molecule has 1 unspecified atom stereocenters. The lowest BCUT2D eigenvalue weighted by molar-refractivity contribution is -0.144. The molecule has 0 aliphatic carbocycles. The predicted octanol–water partition coefficient (Wildman–Crippen LogP) is 8.22. The molecular formula is C42H44Cl2N6O7. The Labute approximate surface area is 339 Å². The van der Waals surface area contributed by atoms with E-state index < -0.39 is 36.2 Å². The maximum atomic E-state index is 14.5. The van der Waals surface area contributed by atoms with E-state index in [0.717, 1.165) is 44.0 Å². The van der Waals surface area contributed by atoms with Gasteiger partial charge in [0, 0.05) is 64.7 Å². The van der Waals surface area contributed by atoms with Crippen LogP contribution in [-0.4, -0.2) is 91.5 Å². The van der Waals surface area contributed by atoms with E-state index in [9.17, 15) is 14.4 Å². The van der Waals surface area contributed by atoms with Gasteiger partial charge in [-0.2, -0.15) is 0 Å². The molecule has 3 N–H and O–H groups in total. The fourth-order valence-corrected chi connectivity index (χ4v) is 6.77. The van der Waals surface area contributed by atoms with E-state index in [0.29, 0.717) is 32.6 Å². The van der Waals surface area contributed by atoms with Crippen molar-refractivity contribution >= 4 is 96.2 Å². The van der Waals surface area contributed by atoms with Crippen LogP contribution in [0.25, 0.3) is 43.6 Å². The lowest BCUT2D eigenvalue weighted by Crippen LogP contribution is -2.53. The molecule has 0 aliphatic heterocycles. The van der Waals surface area contributed by atoms with Gasteiger partial charge in [-0.1, -0.05) is 23.2 Å². The highest BCUT2D eigenvalue weighted by molar-refractivity contribution is 6.32. The maximum absolute atomic E-state index is 14.5. The summed E-state index contributed by atoms with van der Waals surface area (Å²) in [6, 6.07) is 20.9. The summed E-state index contributed by atoms with van der Waals surface area (Å²) in [6.07, 6.45) is -0.825. The highest BCUT2D eigenvalue weighted by Crippen LogP contribution is 2.35. The third kappa shape index (κ3) is 9.97. The van der Waals surface area contributed by atoms with Crippen LogP contribution < -0.4 is 25.4 Å². The molecule has 2 heterocycles. The first kappa shape index (κ1) is 40.9. The van der Waals surface area contributed by atoms with Crippen molar-refractivity contribution in [1.29, 1.82) is 0 Å². The quantitative estimate of drug-likeness (QED) is 0.0720. The topological polar surface area (TPSA) is 153 Å². The van der Waals surface area contributed by atoms with Crippen LogP contribution in [0.2, 0.25) is 10.0 Å². The fourth-order valence-electron chi connectivity index (χ4n) is 6.44. The summed E-state index contributed by atoms with van der Waals surface area (Å²) in [5.41, 5.74) is 3.56. The van der Waals surface area contributed by atoms with Crippen molar-refractivity contribution in [3.63, 3.8) is 0 Å². The largest absolute Gasteiger partial charge is 0.497 e. The van der Waals surface area contributed by atoms with Crippen LogP contribution >= 0.6 is 23.2 Å². The number of benzene rings is 4. The van der Waals surface area contributed by atoms with E-state index >= 15 is 0 Å². The number of amides is 2. The first-order valence-corrected chi connectivity index (χ1v) is 19.0. The Balaban J connectivity index is 1.33. The number of nitrogens with one attached hydrogen (secondary N) is 3. The number of hydrogen-bond acceptors (Lipinski definition) is 11. The SMILES string of the molecule is COc1ccc2nc3cc(Cl)ccc3c(NCCN(CCNc3c4ccc(Cl)cc4nc4ccc(OC)cc34)C(=O)C(COC(C)=O)NC(=O)OC(C)(C)C)c2c1. The summed E-state index contributed by atoms with van der Waals surface area (Å²) in [4.78, 5) is 50.6. The summed E-state index contributed by atoms with van der Waals surface area (Å²) in [7, 11) is 3.20. The number of anilines is 2. The average Bonchev–Trinajstić information content (AvgIpc) is 3.16. The molecule has 0 aliphatic rings. The van der Waals surface area contributed by atoms with Crippen LogP contribution in [0.5, 0.6) is 11.5 Å². The first-order chi connectivity index (χ1) is 27.2. The predicted molar refractivity (Wildman–Crippen MR) is 225 cm³/mol. The number of nitrogens with zero attached hydrogens (tertiary/aromatic N) is 3. The lowest BCUT2D eigenvalue weighted by atomic mass is 10.1. The molecule has 0 fully saturated rings. The van der Waals surface area contributed by atoms with Crippen LogP contribution in [0.3, 0.4) is 0 Å². The molecule has 4 aromatic carbocycles.